The summed E-state index contributed by atoms with van der Waals surface area (Å²) in [5.74, 6) is 0.250. The number of aryl methyl sites for hydroxylation is 1. The normalized spacial score (nSPS) is 12.5. The van der Waals surface area contributed by atoms with Crippen LogP contribution in [0.1, 0.15) is 37.2 Å². The standard InChI is InChI=1S/C37H39ClN12O9S2/c1-21(23-12-9-8-10-13-23)58-37(52)42-34-31(27-16-18-28(32(38)39-27)45-60(6,53)54)44-50(49(34)4)25-15-11-14-24(20-25)22(2)59-36(51)41-33-30(43-47-48(33)3)26-17-19-29(35(40-26)57-5)46-61(7,55)56/h8-22H,1-7H3,(H3,39,40,41,42,43,44,45,46,47,51,52)/p+1/t21-,22-/m1/s1. The molecule has 0 spiro atoms. The molecule has 2 atom stereocenters. The molecule has 0 aliphatic rings. The van der Waals surface area contributed by atoms with Crippen molar-refractivity contribution in [1.29, 1.82) is 0 Å². The summed E-state index contributed by atoms with van der Waals surface area (Å²) in [5, 5.41) is 18.1. The van der Waals surface area contributed by atoms with Gasteiger partial charge in [-0.15, -0.1) is 5.10 Å². The summed E-state index contributed by atoms with van der Waals surface area (Å²) >= 11 is 6.40. The van der Waals surface area contributed by atoms with Crippen molar-refractivity contribution in [3.05, 3.63) is 95.1 Å². The van der Waals surface area contributed by atoms with E-state index in [2.05, 4.69) is 40.4 Å². The van der Waals surface area contributed by atoms with Crippen LogP contribution in [0.25, 0.3) is 28.5 Å². The fourth-order valence-electron chi connectivity index (χ4n) is 5.85. The molecule has 320 valence electrons. The van der Waals surface area contributed by atoms with E-state index in [1.54, 1.807) is 52.2 Å². The summed E-state index contributed by atoms with van der Waals surface area (Å²) in [7, 11) is -2.79. The van der Waals surface area contributed by atoms with Gasteiger partial charge in [0.15, 0.2) is 16.7 Å². The number of hydrogen-bond acceptors (Lipinski definition) is 14. The number of amides is 2. The average Bonchev–Trinajstić information content (AvgIpc) is 3.72. The zero-order valence-corrected chi connectivity index (χ0v) is 36.0. The number of nitrogens with one attached hydrogen (secondary N) is 4. The molecule has 4 N–H and O–H groups in total. The molecule has 0 bridgehead atoms. The molecule has 0 saturated heterocycles. The summed E-state index contributed by atoms with van der Waals surface area (Å²) in [6.45, 7) is 3.39. The van der Waals surface area contributed by atoms with Crippen molar-refractivity contribution in [1.82, 2.24) is 34.9 Å². The van der Waals surface area contributed by atoms with Gasteiger partial charge in [-0.05, 0) is 66.5 Å². The van der Waals surface area contributed by atoms with E-state index in [4.69, 9.17) is 30.9 Å². The number of halogens is 1. The third-order valence-electron chi connectivity index (χ3n) is 8.68. The Morgan fingerprint density at radius 3 is 2.00 bits per heavy atom. The minimum absolute atomic E-state index is 0.0336. The Morgan fingerprint density at radius 1 is 0.770 bits per heavy atom. The van der Waals surface area contributed by atoms with Crippen LogP contribution < -0.4 is 29.5 Å². The smallest absolute Gasteiger partial charge is 0.474 e. The number of anilines is 4. The fourth-order valence-corrected chi connectivity index (χ4v) is 7.23. The third-order valence-corrected chi connectivity index (χ3v) is 10.1. The van der Waals surface area contributed by atoms with Gasteiger partial charge >= 0.3 is 12.2 Å². The Balaban J connectivity index is 1.26. The lowest BCUT2D eigenvalue weighted by Gasteiger charge is -2.15. The maximum atomic E-state index is 13.3. The summed E-state index contributed by atoms with van der Waals surface area (Å²) in [6.07, 6.45) is -1.11. The Hall–Kier alpha value is -6.85. The third kappa shape index (κ3) is 10.7. The number of nitrogens with zero attached hydrogens (tertiary/aromatic N) is 8. The number of ether oxygens (including phenoxy) is 3. The first-order valence-electron chi connectivity index (χ1n) is 18.0. The lowest BCUT2D eigenvalue weighted by Crippen LogP contribution is -2.41. The number of benzene rings is 2. The van der Waals surface area contributed by atoms with E-state index in [9.17, 15) is 26.4 Å². The van der Waals surface area contributed by atoms with Crippen molar-refractivity contribution in [2.24, 2.45) is 14.1 Å². The molecule has 0 unspecified atom stereocenters. The highest BCUT2D eigenvalue weighted by Crippen LogP contribution is 2.32. The highest BCUT2D eigenvalue weighted by molar-refractivity contribution is 7.92. The molecule has 2 aromatic carbocycles. The molecule has 0 aliphatic heterocycles. The van der Waals surface area contributed by atoms with Crippen LogP contribution in [0.4, 0.5) is 32.6 Å². The van der Waals surface area contributed by atoms with Crippen molar-refractivity contribution in [3.63, 3.8) is 0 Å². The Labute approximate surface area is 355 Å². The summed E-state index contributed by atoms with van der Waals surface area (Å²) in [5.41, 5.74) is 2.66. The molecule has 4 aromatic heterocycles. The molecular formula is C37H40ClN12O9S2+. The maximum absolute atomic E-state index is 13.3. The quantitative estimate of drug-likeness (QED) is 0.0832. The molecule has 6 rings (SSSR count). The van der Waals surface area contributed by atoms with Crippen LogP contribution >= 0.6 is 11.6 Å². The average molecular weight is 896 g/mol. The van der Waals surface area contributed by atoms with Gasteiger partial charge in [-0.3, -0.25) is 14.8 Å². The summed E-state index contributed by atoms with van der Waals surface area (Å²) in [4.78, 5) is 36.8. The van der Waals surface area contributed by atoms with E-state index in [0.717, 1.165) is 18.1 Å². The van der Waals surface area contributed by atoms with Crippen molar-refractivity contribution in [2.45, 2.75) is 26.1 Å². The molecule has 21 nitrogen and oxygen atoms in total. The monoisotopic (exact) mass is 895 g/mol. The molecular weight excluding hydrogens is 856 g/mol. The number of carbonyl (C=O) groups excluding carboxylic acids is 2. The molecule has 0 fully saturated rings. The van der Waals surface area contributed by atoms with E-state index in [0.29, 0.717) is 11.3 Å². The minimum Gasteiger partial charge on any atom is -0.479 e. The zero-order chi connectivity index (χ0) is 44.2. The van der Waals surface area contributed by atoms with Crippen molar-refractivity contribution >= 4 is 66.8 Å². The highest BCUT2D eigenvalue weighted by Gasteiger charge is 2.31. The highest BCUT2D eigenvalue weighted by atomic mass is 35.5. The molecule has 2 amide bonds. The number of sulfonamides is 2. The second kappa shape index (κ2) is 17.8. The predicted molar refractivity (Wildman–Crippen MR) is 224 cm³/mol. The maximum Gasteiger partial charge on any atom is 0.474 e. The Bertz CT molecular complexity index is 2840. The van der Waals surface area contributed by atoms with E-state index >= 15 is 0 Å². The first kappa shape index (κ1) is 43.7. The number of aromatic nitrogens is 8. The fraction of sp³-hybridized carbons (Fsp3) is 0.243. The van der Waals surface area contributed by atoms with Gasteiger partial charge in [0.2, 0.25) is 25.9 Å². The molecule has 6 aromatic rings. The first-order valence-corrected chi connectivity index (χ1v) is 22.1. The van der Waals surface area contributed by atoms with Crippen molar-refractivity contribution < 1.29 is 45.3 Å². The van der Waals surface area contributed by atoms with Gasteiger partial charge in [-0.2, -0.15) is 4.68 Å². The van der Waals surface area contributed by atoms with Gasteiger partial charge in [0, 0.05) is 7.05 Å². The van der Waals surface area contributed by atoms with Crippen LogP contribution in [0.3, 0.4) is 0 Å². The largest absolute Gasteiger partial charge is 0.479 e. The molecule has 0 saturated carbocycles. The predicted octanol–water partition coefficient (Wildman–Crippen LogP) is 4.97. The van der Waals surface area contributed by atoms with Crippen LogP contribution in [0.2, 0.25) is 5.15 Å². The Kier molecular flexibility index (Phi) is 12.7. The van der Waals surface area contributed by atoms with Crippen molar-refractivity contribution in [3.8, 4) is 34.3 Å². The lowest BCUT2D eigenvalue weighted by atomic mass is 10.1. The molecule has 61 heavy (non-hydrogen) atoms. The van der Waals surface area contributed by atoms with Gasteiger partial charge in [-0.25, -0.2) is 46.4 Å². The zero-order valence-electron chi connectivity index (χ0n) is 33.6. The van der Waals surface area contributed by atoms with Gasteiger partial charge in [0.25, 0.3) is 11.5 Å². The summed E-state index contributed by atoms with van der Waals surface area (Å²) in [6, 6.07) is 21.9. The minimum atomic E-state index is -3.67. The Morgan fingerprint density at radius 2 is 1.36 bits per heavy atom. The van der Waals surface area contributed by atoms with Crippen LogP contribution in [-0.4, -0.2) is 83.5 Å². The molecule has 24 heteroatoms. The number of rotatable bonds is 14. The second-order valence-corrected chi connectivity index (χ2v) is 17.3. The second-order valence-electron chi connectivity index (χ2n) is 13.4. The van der Waals surface area contributed by atoms with Gasteiger partial charge < -0.3 is 14.2 Å². The van der Waals surface area contributed by atoms with E-state index < -0.39 is 44.4 Å². The molecule has 0 radical (unpaired) electrons. The molecule has 4 heterocycles. The van der Waals surface area contributed by atoms with E-state index in [1.165, 1.54) is 45.5 Å². The van der Waals surface area contributed by atoms with Crippen LogP contribution in [-0.2, 0) is 43.6 Å². The SMILES string of the molecule is COc1nc(-c2nnn(C)c2NC(=O)O[C@H](C)c2cccc(-n3nc(-c4ccc(NS(C)(=O)=O)c(Cl)n4)c(NC(=O)O[C@H](C)c4ccccc4)[n+]3C)c2)ccc1NS(C)(=O)=O. The number of methoxy groups -OCH3 is 1. The van der Waals surface area contributed by atoms with E-state index in [1.807, 2.05) is 30.3 Å². The summed E-state index contributed by atoms with van der Waals surface area (Å²) < 4.78 is 71.5. The van der Waals surface area contributed by atoms with Crippen LogP contribution in [0.15, 0.2) is 78.9 Å². The number of pyridine rings is 2. The first-order chi connectivity index (χ1) is 28.8. The topological polar surface area (TPSA) is 256 Å². The van der Waals surface area contributed by atoms with Crippen molar-refractivity contribution in [2.75, 3.05) is 39.7 Å². The number of hydrogen-bond donors (Lipinski definition) is 4. The van der Waals surface area contributed by atoms with Gasteiger partial charge in [0.1, 0.15) is 29.3 Å². The van der Waals surface area contributed by atoms with Gasteiger partial charge in [-0.1, -0.05) is 64.1 Å². The van der Waals surface area contributed by atoms with Crippen LogP contribution in [0.5, 0.6) is 5.88 Å². The van der Waals surface area contributed by atoms with Crippen LogP contribution in [0, 0.1) is 0 Å². The number of carbonyl (C=O) groups is 2. The molecule has 0 aliphatic carbocycles. The van der Waals surface area contributed by atoms with Gasteiger partial charge in [0.05, 0.1) is 38.1 Å². The van der Waals surface area contributed by atoms with E-state index in [-0.39, 0.29) is 56.8 Å². The lowest BCUT2D eigenvalue weighted by molar-refractivity contribution is -0.735.